The minimum Gasteiger partial charge on any atom is -0.394 e. The van der Waals surface area contributed by atoms with Gasteiger partial charge in [0, 0.05) is 6.42 Å². The molecule has 3 rings (SSSR count). The minimum atomic E-state index is -1.98. The van der Waals surface area contributed by atoms with E-state index in [0.717, 1.165) is 64.2 Å². The Bertz CT molecular complexity index is 2060. The highest BCUT2D eigenvalue weighted by molar-refractivity contribution is 5.76. The van der Waals surface area contributed by atoms with E-state index in [1.807, 2.05) is 6.08 Å². The zero-order valence-corrected chi connectivity index (χ0v) is 63.1. The Hall–Kier alpha value is -2.51. The van der Waals surface area contributed by atoms with Crippen LogP contribution in [-0.2, 0) is 33.2 Å². The Morgan fingerprint density at radius 1 is 0.356 bits per heavy atom. The number of nitrogens with one attached hydrogen (secondary N) is 1. The number of carbonyl (C=O) groups excluding carboxylic acids is 1. The highest BCUT2D eigenvalue weighted by Crippen LogP contribution is 2.33. The fourth-order valence-electron chi connectivity index (χ4n) is 13.7. The van der Waals surface area contributed by atoms with E-state index in [0.29, 0.717) is 12.8 Å². The first kappa shape index (κ1) is 92.7. The maximum absolute atomic E-state index is 13.5. The molecule has 0 saturated carbocycles. The molecule has 0 bridgehead atoms. The van der Waals surface area contributed by atoms with E-state index in [1.54, 1.807) is 6.08 Å². The van der Waals surface area contributed by atoms with Gasteiger partial charge in [-0.2, -0.15) is 0 Å². The number of rotatable bonds is 65. The number of ether oxygens (including phenoxy) is 6. The summed E-state index contributed by atoms with van der Waals surface area (Å²) in [5.74, 6) is -0.291. The second-order valence-corrected chi connectivity index (χ2v) is 29.2. The normalized spacial score (nSPS) is 26.6. The van der Waals surface area contributed by atoms with Crippen LogP contribution in [0.5, 0.6) is 0 Å². The third-order valence-corrected chi connectivity index (χ3v) is 20.3. The van der Waals surface area contributed by atoms with E-state index in [9.17, 15) is 61.0 Å². The molecule has 3 heterocycles. The molecule has 17 atom stereocenters. The Morgan fingerprint density at radius 3 is 1.06 bits per heavy atom. The number of carbonyl (C=O) groups is 1. The quantitative estimate of drug-likeness (QED) is 0.0199. The summed E-state index contributed by atoms with van der Waals surface area (Å²) in [4.78, 5) is 13.5. The van der Waals surface area contributed by atoms with Crippen LogP contribution in [0.4, 0.5) is 0 Å². The van der Waals surface area contributed by atoms with Gasteiger partial charge in [0.15, 0.2) is 18.9 Å². The van der Waals surface area contributed by atoms with Crippen LogP contribution in [0.15, 0.2) is 60.8 Å². The van der Waals surface area contributed by atoms with Gasteiger partial charge in [-0.05, 0) is 70.6 Å². The lowest BCUT2D eigenvalue weighted by molar-refractivity contribution is -0.379. The molecule has 101 heavy (non-hydrogen) atoms. The molecular formula is C82H149NO18. The lowest BCUT2D eigenvalue weighted by Gasteiger charge is -2.48. The molecule has 0 spiro atoms. The molecule has 3 fully saturated rings. The molecule has 0 aromatic rings. The molecule has 17 unspecified atom stereocenters. The number of unbranched alkanes of at least 4 members (excludes halogenated alkanes) is 41. The van der Waals surface area contributed by atoms with Gasteiger partial charge in [-0.1, -0.05) is 306 Å². The summed E-state index contributed by atoms with van der Waals surface area (Å²) in [7, 11) is 0. The van der Waals surface area contributed by atoms with E-state index in [-0.39, 0.29) is 18.9 Å². The molecule has 0 aromatic carbocycles. The summed E-state index contributed by atoms with van der Waals surface area (Å²) >= 11 is 0. The molecular weight excluding hydrogens is 1290 g/mol. The molecule has 0 aromatic heterocycles. The van der Waals surface area contributed by atoms with Crippen molar-refractivity contribution in [1.82, 2.24) is 5.32 Å². The van der Waals surface area contributed by atoms with Gasteiger partial charge < -0.3 is 89.9 Å². The fraction of sp³-hybridized carbons (Fsp3) is 0.866. The third kappa shape index (κ3) is 42.6. The van der Waals surface area contributed by atoms with Crippen LogP contribution in [-0.4, -0.2) is 193 Å². The summed E-state index contributed by atoms with van der Waals surface area (Å²) < 4.78 is 34.4. The first-order chi connectivity index (χ1) is 49.3. The van der Waals surface area contributed by atoms with Crippen LogP contribution in [0.3, 0.4) is 0 Å². The number of aliphatic hydroxyl groups excluding tert-OH is 11. The lowest BCUT2D eigenvalue weighted by Crippen LogP contribution is -2.66. The van der Waals surface area contributed by atoms with E-state index >= 15 is 0 Å². The van der Waals surface area contributed by atoms with Crippen molar-refractivity contribution >= 4 is 5.91 Å². The lowest BCUT2D eigenvalue weighted by atomic mass is 9.96. The highest BCUT2D eigenvalue weighted by atomic mass is 16.8. The van der Waals surface area contributed by atoms with Crippen molar-refractivity contribution in [3.05, 3.63) is 60.8 Å². The minimum absolute atomic E-state index is 0.225. The zero-order valence-electron chi connectivity index (χ0n) is 63.1. The van der Waals surface area contributed by atoms with Gasteiger partial charge in [0.05, 0.1) is 38.6 Å². The van der Waals surface area contributed by atoms with E-state index < -0.39 is 124 Å². The van der Waals surface area contributed by atoms with Crippen molar-refractivity contribution in [2.45, 2.75) is 426 Å². The van der Waals surface area contributed by atoms with Crippen LogP contribution in [0.25, 0.3) is 0 Å². The van der Waals surface area contributed by atoms with Gasteiger partial charge in [-0.3, -0.25) is 4.79 Å². The second-order valence-electron chi connectivity index (χ2n) is 29.2. The predicted molar refractivity (Wildman–Crippen MR) is 402 cm³/mol. The SMILES string of the molecule is CCCCCCC/C=C\C/C=C\C/C=C\CCCCCCCCCCC(=O)NC(COC1OC(CO)C(OC2OC(CO)C(OC3OC(CO)C(O)C(O)C3O)C(O)C2O)C(O)C1O)C(O)/C=C/CC/C=C/CCCCCCCCCCCCCCCCCCCCCCCCCCCCC. The van der Waals surface area contributed by atoms with Gasteiger partial charge >= 0.3 is 0 Å². The maximum Gasteiger partial charge on any atom is 0.220 e. The van der Waals surface area contributed by atoms with Gasteiger partial charge in [0.25, 0.3) is 0 Å². The van der Waals surface area contributed by atoms with Crippen molar-refractivity contribution < 1.29 is 89.4 Å². The van der Waals surface area contributed by atoms with Gasteiger partial charge in [0.2, 0.25) is 5.91 Å². The first-order valence-electron chi connectivity index (χ1n) is 41.0. The van der Waals surface area contributed by atoms with Crippen molar-refractivity contribution in [3.8, 4) is 0 Å². The van der Waals surface area contributed by atoms with E-state index in [1.165, 1.54) is 225 Å². The number of amides is 1. The van der Waals surface area contributed by atoms with Crippen molar-refractivity contribution in [3.63, 3.8) is 0 Å². The summed E-state index contributed by atoms with van der Waals surface area (Å²) in [5, 5.41) is 121. The Labute approximate surface area is 611 Å². The average molecular weight is 1440 g/mol. The average Bonchev–Trinajstić information content (AvgIpc) is 0.782. The highest BCUT2D eigenvalue weighted by Gasteiger charge is 2.54. The van der Waals surface area contributed by atoms with E-state index in [2.05, 4.69) is 67.8 Å². The van der Waals surface area contributed by atoms with Crippen molar-refractivity contribution in [1.29, 1.82) is 0 Å². The molecule has 3 aliphatic rings. The van der Waals surface area contributed by atoms with Crippen LogP contribution in [0, 0.1) is 0 Å². The molecule has 0 radical (unpaired) electrons. The predicted octanol–water partition coefficient (Wildman–Crippen LogP) is 13.8. The van der Waals surface area contributed by atoms with E-state index in [4.69, 9.17) is 28.4 Å². The summed E-state index contributed by atoms with van der Waals surface area (Å²) in [5.41, 5.74) is 0. The van der Waals surface area contributed by atoms with Gasteiger partial charge in [-0.15, -0.1) is 0 Å². The molecule has 19 heteroatoms. The van der Waals surface area contributed by atoms with Gasteiger partial charge in [-0.25, -0.2) is 0 Å². The molecule has 590 valence electrons. The maximum atomic E-state index is 13.5. The van der Waals surface area contributed by atoms with Crippen LogP contribution < -0.4 is 5.32 Å². The third-order valence-electron chi connectivity index (χ3n) is 20.3. The van der Waals surface area contributed by atoms with Crippen LogP contribution in [0.2, 0.25) is 0 Å². The number of aliphatic hydroxyl groups is 11. The molecule has 3 aliphatic heterocycles. The van der Waals surface area contributed by atoms with Crippen molar-refractivity contribution in [2.24, 2.45) is 0 Å². The summed E-state index contributed by atoms with van der Waals surface area (Å²) in [6.45, 7) is 1.74. The monoisotopic (exact) mass is 1440 g/mol. The molecule has 1 amide bonds. The van der Waals surface area contributed by atoms with Crippen LogP contribution in [0.1, 0.15) is 322 Å². The molecule has 0 aliphatic carbocycles. The molecule has 19 nitrogen and oxygen atoms in total. The second kappa shape index (κ2) is 62.5. The smallest absolute Gasteiger partial charge is 0.220 e. The number of hydrogen-bond donors (Lipinski definition) is 12. The van der Waals surface area contributed by atoms with Crippen LogP contribution >= 0.6 is 0 Å². The standard InChI is InChI=1S/C82H149NO18/c1-3-5-7-9-11-13-15-17-19-21-23-25-27-28-29-30-31-32-33-34-35-36-38-39-41-43-45-47-49-51-53-55-57-59-66(87)65(83-70(88)60-58-56-54-52-50-48-46-44-42-40-37-26-24-22-20-18-16-14-12-10-8-6-4-2)64-96-80-76(94)73(91)78(68(62-85)98-80)101-82-77(95)74(92)79(69(63-86)99-82)100-81-75(93)72(90)71(89)67(61-84)97-81/h16,18,22,24,37,40,49,51,57,59,65-69,71-82,84-87,89-95H,3-15,17,19-21,23,25-36,38-39,41-48,50,52-56,58,60-64H2,1-2H3,(H,83,88)/b18-16-,24-22-,40-37-,51-49+,59-57+. The zero-order chi connectivity index (χ0) is 73.2. The van der Waals surface area contributed by atoms with Crippen molar-refractivity contribution in [2.75, 3.05) is 26.4 Å². The fourth-order valence-corrected chi connectivity index (χ4v) is 13.7. The number of allylic oxidation sites excluding steroid dienone is 9. The molecule has 12 N–H and O–H groups in total. The topological polar surface area (TPSA) is 307 Å². The Kier molecular flexibility index (Phi) is 57.4. The largest absolute Gasteiger partial charge is 0.394 e. The number of hydrogen-bond acceptors (Lipinski definition) is 18. The summed E-state index contributed by atoms with van der Waals surface area (Å²) in [6.07, 6.45) is 53.6. The molecule has 3 saturated heterocycles. The summed E-state index contributed by atoms with van der Waals surface area (Å²) in [6, 6.07) is -0.999. The Balaban J connectivity index is 1.38. The van der Waals surface area contributed by atoms with Gasteiger partial charge in [0.1, 0.15) is 73.2 Å². The Morgan fingerprint density at radius 2 is 0.663 bits per heavy atom. The first-order valence-corrected chi connectivity index (χ1v) is 41.0.